The van der Waals surface area contributed by atoms with E-state index in [0.29, 0.717) is 6.04 Å². The second-order valence-corrected chi connectivity index (χ2v) is 6.37. The van der Waals surface area contributed by atoms with E-state index < -0.39 is 0 Å². The molecule has 2 nitrogen and oxygen atoms in total. The van der Waals surface area contributed by atoms with Crippen LogP contribution >= 0.6 is 22.7 Å². The summed E-state index contributed by atoms with van der Waals surface area (Å²) in [5.41, 5.74) is 3.30. The summed E-state index contributed by atoms with van der Waals surface area (Å²) in [5, 5.41) is 3.53. The van der Waals surface area contributed by atoms with Crippen LogP contribution in [0.1, 0.15) is 33.2 Å². The average Bonchev–Trinajstić information content (AvgIpc) is 2.84. The van der Waals surface area contributed by atoms with Crippen molar-refractivity contribution in [3.05, 3.63) is 38.0 Å². The zero-order valence-corrected chi connectivity index (χ0v) is 11.4. The van der Waals surface area contributed by atoms with Crippen LogP contribution in [0.5, 0.6) is 0 Å². The predicted molar refractivity (Wildman–Crippen MR) is 71.2 cm³/mol. The van der Waals surface area contributed by atoms with Crippen molar-refractivity contribution in [1.29, 1.82) is 0 Å². The Labute approximate surface area is 104 Å². The first kappa shape index (κ1) is 11.8. The summed E-state index contributed by atoms with van der Waals surface area (Å²) < 4.78 is 0. The van der Waals surface area contributed by atoms with Crippen LogP contribution in [0, 0.1) is 13.8 Å². The van der Waals surface area contributed by atoms with Gasteiger partial charge in [0.2, 0.25) is 0 Å². The number of hydrogen-bond acceptors (Lipinski definition) is 4. The third-order valence-electron chi connectivity index (χ3n) is 2.61. The highest BCUT2D eigenvalue weighted by Gasteiger charge is 2.10. The van der Waals surface area contributed by atoms with Gasteiger partial charge >= 0.3 is 0 Å². The normalized spacial score (nSPS) is 12.9. The quantitative estimate of drug-likeness (QED) is 0.898. The van der Waals surface area contributed by atoms with Gasteiger partial charge in [0.1, 0.15) is 0 Å². The Morgan fingerprint density at radius 3 is 2.81 bits per heavy atom. The van der Waals surface area contributed by atoms with Crippen LogP contribution in [-0.2, 0) is 6.54 Å². The van der Waals surface area contributed by atoms with Crippen LogP contribution in [0.15, 0.2) is 17.8 Å². The summed E-state index contributed by atoms with van der Waals surface area (Å²) in [6.07, 6.45) is 1.93. The first-order chi connectivity index (χ1) is 7.66. The van der Waals surface area contributed by atoms with Crippen LogP contribution in [0.3, 0.4) is 0 Å². The maximum Gasteiger partial charge on any atom is 0.0794 e. The zero-order chi connectivity index (χ0) is 11.5. The fourth-order valence-electron chi connectivity index (χ4n) is 1.77. The fraction of sp³-hybridized carbons (Fsp3) is 0.417. The van der Waals surface area contributed by atoms with Crippen molar-refractivity contribution in [2.24, 2.45) is 0 Å². The molecule has 2 heterocycles. The van der Waals surface area contributed by atoms with E-state index in [2.05, 4.69) is 37.1 Å². The van der Waals surface area contributed by atoms with Crippen molar-refractivity contribution in [3.8, 4) is 0 Å². The second-order valence-electron chi connectivity index (χ2n) is 3.94. The molecule has 0 bridgehead atoms. The molecule has 2 rings (SSSR count). The van der Waals surface area contributed by atoms with Crippen molar-refractivity contribution < 1.29 is 0 Å². The Morgan fingerprint density at radius 2 is 2.25 bits per heavy atom. The molecule has 0 saturated heterocycles. The maximum absolute atomic E-state index is 4.08. The third-order valence-corrected chi connectivity index (χ3v) is 4.37. The first-order valence-corrected chi connectivity index (χ1v) is 7.04. The van der Waals surface area contributed by atoms with Gasteiger partial charge in [-0.25, -0.2) is 0 Å². The number of aryl methyl sites for hydroxylation is 2. The third kappa shape index (κ3) is 2.70. The molecule has 16 heavy (non-hydrogen) atoms. The van der Waals surface area contributed by atoms with E-state index >= 15 is 0 Å². The number of hydrogen-bond donors (Lipinski definition) is 1. The molecular weight excluding hydrogens is 236 g/mol. The smallest absolute Gasteiger partial charge is 0.0794 e. The van der Waals surface area contributed by atoms with Crippen molar-refractivity contribution in [2.45, 2.75) is 33.4 Å². The Bertz CT molecular complexity index is 446. The van der Waals surface area contributed by atoms with E-state index in [0.717, 1.165) is 6.54 Å². The largest absolute Gasteiger partial charge is 0.305 e. The monoisotopic (exact) mass is 252 g/mol. The number of aromatic nitrogens is 1. The molecule has 0 aliphatic heterocycles. The Kier molecular flexibility index (Phi) is 3.74. The molecule has 86 valence electrons. The highest BCUT2D eigenvalue weighted by molar-refractivity contribution is 7.12. The van der Waals surface area contributed by atoms with Crippen molar-refractivity contribution in [3.63, 3.8) is 0 Å². The molecule has 0 aliphatic rings. The number of nitrogens with one attached hydrogen (secondary N) is 1. The minimum atomic E-state index is 0.409. The van der Waals surface area contributed by atoms with Crippen molar-refractivity contribution in [2.75, 3.05) is 0 Å². The molecule has 0 radical (unpaired) electrons. The zero-order valence-electron chi connectivity index (χ0n) is 9.78. The van der Waals surface area contributed by atoms with Crippen LogP contribution in [0.25, 0.3) is 0 Å². The number of thiophene rings is 1. The van der Waals surface area contributed by atoms with Crippen LogP contribution in [0.4, 0.5) is 0 Å². The van der Waals surface area contributed by atoms with Gasteiger partial charge < -0.3 is 5.32 Å². The molecule has 4 heteroatoms. The van der Waals surface area contributed by atoms with Crippen LogP contribution in [-0.4, -0.2) is 4.98 Å². The summed E-state index contributed by atoms with van der Waals surface area (Å²) in [5.74, 6) is 0. The molecule has 1 N–H and O–H groups in total. The Hall–Kier alpha value is -0.710. The predicted octanol–water partition coefficient (Wildman–Crippen LogP) is 3.67. The molecule has 1 unspecified atom stereocenters. The Balaban J connectivity index is 1.98. The molecule has 0 amide bonds. The lowest BCUT2D eigenvalue weighted by atomic mass is 10.1. The van der Waals surface area contributed by atoms with E-state index in [4.69, 9.17) is 0 Å². The van der Waals surface area contributed by atoms with Crippen molar-refractivity contribution in [1.82, 2.24) is 10.3 Å². The van der Waals surface area contributed by atoms with Gasteiger partial charge in [-0.15, -0.1) is 22.7 Å². The average molecular weight is 252 g/mol. The van der Waals surface area contributed by atoms with E-state index in [1.807, 2.05) is 23.0 Å². The molecule has 0 fully saturated rings. The highest BCUT2D eigenvalue weighted by atomic mass is 32.1. The van der Waals surface area contributed by atoms with Gasteiger partial charge in [0.15, 0.2) is 0 Å². The van der Waals surface area contributed by atoms with E-state index in [1.54, 1.807) is 11.3 Å². The van der Waals surface area contributed by atoms with Crippen molar-refractivity contribution >= 4 is 22.7 Å². The van der Waals surface area contributed by atoms with Gasteiger partial charge in [0.05, 0.1) is 5.51 Å². The number of thiazole rings is 1. The lowest BCUT2D eigenvalue weighted by Crippen LogP contribution is -2.17. The minimum Gasteiger partial charge on any atom is -0.305 e. The van der Waals surface area contributed by atoms with E-state index in [1.165, 1.54) is 20.2 Å². The van der Waals surface area contributed by atoms with Gasteiger partial charge in [-0.3, -0.25) is 4.98 Å². The highest BCUT2D eigenvalue weighted by Crippen LogP contribution is 2.26. The van der Waals surface area contributed by atoms with Gasteiger partial charge in [0.25, 0.3) is 0 Å². The molecule has 0 aromatic carbocycles. The maximum atomic E-state index is 4.08. The second kappa shape index (κ2) is 5.08. The molecule has 0 saturated carbocycles. The molecule has 0 aliphatic carbocycles. The minimum absolute atomic E-state index is 0.409. The lowest BCUT2D eigenvalue weighted by Gasteiger charge is -2.12. The summed E-state index contributed by atoms with van der Waals surface area (Å²) in [6, 6.07) is 2.69. The van der Waals surface area contributed by atoms with Gasteiger partial charge in [-0.2, -0.15) is 0 Å². The fourth-order valence-corrected chi connectivity index (χ4v) is 3.34. The lowest BCUT2D eigenvalue weighted by molar-refractivity contribution is 0.578. The van der Waals surface area contributed by atoms with E-state index in [-0.39, 0.29) is 0 Å². The summed E-state index contributed by atoms with van der Waals surface area (Å²) in [4.78, 5) is 8.17. The molecule has 1 atom stereocenters. The SMILES string of the molecule is Cc1cc(C(C)NCc2cncs2)c(C)s1. The van der Waals surface area contributed by atoms with E-state index in [9.17, 15) is 0 Å². The molecule has 2 aromatic rings. The summed E-state index contributed by atoms with van der Waals surface area (Å²) in [7, 11) is 0. The number of nitrogens with zero attached hydrogens (tertiary/aromatic N) is 1. The molecular formula is C12H16N2S2. The van der Waals surface area contributed by atoms with Gasteiger partial charge in [-0.1, -0.05) is 0 Å². The van der Waals surface area contributed by atoms with Crippen LogP contribution < -0.4 is 5.32 Å². The van der Waals surface area contributed by atoms with Gasteiger partial charge in [0, 0.05) is 33.4 Å². The Morgan fingerprint density at radius 1 is 1.44 bits per heavy atom. The molecule has 2 aromatic heterocycles. The summed E-state index contributed by atoms with van der Waals surface area (Å²) >= 11 is 3.57. The van der Waals surface area contributed by atoms with Crippen LogP contribution in [0.2, 0.25) is 0 Å². The standard InChI is InChI=1S/C12H16N2S2/c1-8-4-12(10(3)16-8)9(2)14-6-11-5-13-7-15-11/h4-5,7,9,14H,6H2,1-3H3. The topological polar surface area (TPSA) is 24.9 Å². The van der Waals surface area contributed by atoms with Gasteiger partial charge in [-0.05, 0) is 32.4 Å². The first-order valence-electron chi connectivity index (χ1n) is 5.34. The number of rotatable bonds is 4. The molecule has 0 spiro atoms. The summed E-state index contributed by atoms with van der Waals surface area (Å²) in [6.45, 7) is 7.48.